The molecule has 0 aliphatic rings. The van der Waals surface area contributed by atoms with Crippen LogP contribution in [0, 0.1) is 0 Å². The Morgan fingerprint density at radius 1 is 0.781 bits per heavy atom. The number of hydrogen-bond acceptors (Lipinski definition) is 4. The summed E-state index contributed by atoms with van der Waals surface area (Å²) in [7, 11) is 0. The first-order chi connectivity index (χ1) is 15.6. The van der Waals surface area contributed by atoms with E-state index in [4.69, 9.17) is 4.98 Å². The summed E-state index contributed by atoms with van der Waals surface area (Å²) < 4.78 is 0. The van der Waals surface area contributed by atoms with Crippen LogP contribution in [0.15, 0.2) is 84.9 Å². The number of aryl methyl sites for hydroxylation is 2. The van der Waals surface area contributed by atoms with Crippen LogP contribution in [0.4, 0.5) is 0 Å². The molecule has 2 aromatic heterocycles. The third kappa shape index (κ3) is 3.89. The molecule has 5 rings (SSSR count). The van der Waals surface area contributed by atoms with Crippen molar-refractivity contribution in [2.75, 3.05) is 0 Å². The number of nitrogens with one attached hydrogen (secondary N) is 1. The second-order valence-electron chi connectivity index (χ2n) is 8.62. The Bertz CT molecular complexity index is 1330. The van der Waals surface area contributed by atoms with Crippen molar-refractivity contribution >= 4 is 10.9 Å². The molecule has 0 radical (unpaired) electrons. The lowest BCUT2D eigenvalue weighted by molar-refractivity contribution is 0.574. The van der Waals surface area contributed by atoms with Crippen LogP contribution in [0.2, 0.25) is 0 Å². The van der Waals surface area contributed by atoms with Crippen molar-refractivity contribution in [3.63, 3.8) is 0 Å². The van der Waals surface area contributed by atoms with Crippen molar-refractivity contribution in [2.24, 2.45) is 0 Å². The average molecular weight is 420 g/mol. The van der Waals surface area contributed by atoms with Gasteiger partial charge in [0.2, 0.25) is 0 Å². The Balaban J connectivity index is 1.60. The van der Waals surface area contributed by atoms with Gasteiger partial charge in [-0.3, -0.25) is 4.98 Å². The zero-order chi connectivity index (χ0) is 22.0. The summed E-state index contributed by atoms with van der Waals surface area (Å²) in [6.45, 7) is 4.16. The van der Waals surface area contributed by atoms with Crippen molar-refractivity contribution in [2.45, 2.75) is 32.1 Å². The minimum absolute atomic E-state index is 0.475. The normalized spacial score (nSPS) is 11.7. The summed E-state index contributed by atoms with van der Waals surface area (Å²) >= 11 is 0. The zero-order valence-electron chi connectivity index (χ0n) is 18.3. The Labute approximate surface area is 187 Å². The van der Waals surface area contributed by atoms with Crippen molar-refractivity contribution in [3.05, 3.63) is 108 Å². The summed E-state index contributed by atoms with van der Waals surface area (Å²) in [6.07, 6.45) is 2.01. The van der Waals surface area contributed by atoms with Crippen LogP contribution >= 0.6 is 0 Å². The molecule has 1 N–H and O–H groups in total. The van der Waals surface area contributed by atoms with E-state index >= 15 is 0 Å². The van der Waals surface area contributed by atoms with E-state index in [9.17, 15) is 0 Å². The second-order valence-corrected chi connectivity index (χ2v) is 8.62. The Hall–Kier alpha value is -3.86. The third-order valence-electron chi connectivity index (χ3n) is 6.05. The molecule has 2 heterocycles. The van der Waals surface area contributed by atoms with Gasteiger partial charge in [-0.15, -0.1) is 10.2 Å². The van der Waals surface area contributed by atoms with Gasteiger partial charge in [-0.1, -0.05) is 71.9 Å². The highest BCUT2D eigenvalue weighted by molar-refractivity contribution is 5.95. The molecule has 5 heteroatoms. The SMILES string of the molecule is CC(C)(c1cc(-c2ccccc2)c2cc(CCc3ccccc3)ccc2n1)c1nn[nH]n1. The molecule has 0 fully saturated rings. The van der Waals surface area contributed by atoms with Crippen LogP contribution < -0.4 is 0 Å². The van der Waals surface area contributed by atoms with Gasteiger partial charge < -0.3 is 0 Å². The lowest BCUT2D eigenvalue weighted by Crippen LogP contribution is -2.22. The molecule has 0 aliphatic heterocycles. The van der Waals surface area contributed by atoms with Crippen molar-refractivity contribution in [1.29, 1.82) is 0 Å². The van der Waals surface area contributed by atoms with Gasteiger partial charge in [-0.05, 0) is 67.1 Å². The predicted molar refractivity (Wildman–Crippen MR) is 127 cm³/mol. The van der Waals surface area contributed by atoms with Crippen LogP contribution in [0.3, 0.4) is 0 Å². The molecule has 0 spiro atoms. The summed E-state index contributed by atoms with van der Waals surface area (Å²) in [4.78, 5) is 5.03. The highest BCUT2D eigenvalue weighted by Crippen LogP contribution is 2.35. The molecule has 0 saturated carbocycles. The smallest absolute Gasteiger partial charge is 0.186 e. The molecule has 0 unspecified atom stereocenters. The number of hydrogen-bond donors (Lipinski definition) is 1. The van der Waals surface area contributed by atoms with E-state index in [1.165, 1.54) is 22.3 Å². The van der Waals surface area contributed by atoms with Crippen LogP contribution in [0.5, 0.6) is 0 Å². The summed E-state index contributed by atoms with van der Waals surface area (Å²) in [5.74, 6) is 0.628. The Morgan fingerprint density at radius 3 is 2.22 bits per heavy atom. The van der Waals surface area contributed by atoms with Gasteiger partial charge in [0.15, 0.2) is 5.82 Å². The highest BCUT2D eigenvalue weighted by atomic mass is 15.5. The minimum Gasteiger partial charge on any atom is -0.252 e. The van der Waals surface area contributed by atoms with Crippen molar-refractivity contribution in [3.8, 4) is 11.1 Å². The number of nitrogens with zero attached hydrogens (tertiary/aromatic N) is 4. The monoisotopic (exact) mass is 419 g/mol. The number of tetrazole rings is 1. The van der Waals surface area contributed by atoms with E-state index in [1.54, 1.807) is 0 Å². The number of aromatic nitrogens is 5. The molecule has 0 aliphatic carbocycles. The number of benzene rings is 3. The topological polar surface area (TPSA) is 67.3 Å². The molecule has 5 aromatic rings. The van der Waals surface area contributed by atoms with E-state index < -0.39 is 5.41 Å². The second kappa shape index (κ2) is 8.35. The van der Waals surface area contributed by atoms with E-state index in [2.05, 4.69) is 113 Å². The van der Waals surface area contributed by atoms with Gasteiger partial charge in [-0.2, -0.15) is 5.21 Å². The fraction of sp³-hybridized carbons (Fsp3) is 0.185. The van der Waals surface area contributed by atoms with Gasteiger partial charge in [0.25, 0.3) is 0 Å². The maximum atomic E-state index is 5.03. The van der Waals surface area contributed by atoms with Crippen LogP contribution in [-0.2, 0) is 18.3 Å². The van der Waals surface area contributed by atoms with Crippen LogP contribution in [-0.4, -0.2) is 25.6 Å². The van der Waals surface area contributed by atoms with Crippen molar-refractivity contribution < 1.29 is 0 Å². The Kier molecular flexibility index (Phi) is 5.23. The average Bonchev–Trinajstić information content (AvgIpc) is 3.39. The van der Waals surface area contributed by atoms with Crippen molar-refractivity contribution in [1.82, 2.24) is 25.6 Å². The largest absolute Gasteiger partial charge is 0.252 e. The zero-order valence-corrected chi connectivity index (χ0v) is 18.3. The maximum absolute atomic E-state index is 5.03. The number of H-pyrrole nitrogens is 1. The van der Waals surface area contributed by atoms with Gasteiger partial charge in [-0.25, -0.2) is 0 Å². The molecular weight excluding hydrogens is 394 g/mol. The summed E-state index contributed by atoms with van der Waals surface area (Å²) in [6, 6.07) is 29.9. The molecule has 0 saturated heterocycles. The number of aromatic amines is 1. The van der Waals surface area contributed by atoms with E-state index in [0.717, 1.165) is 29.4 Å². The number of rotatable bonds is 6. The third-order valence-corrected chi connectivity index (χ3v) is 6.05. The minimum atomic E-state index is -0.475. The van der Waals surface area contributed by atoms with Crippen LogP contribution in [0.1, 0.15) is 36.5 Å². The highest BCUT2D eigenvalue weighted by Gasteiger charge is 2.30. The van der Waals surface area contributed by atoms with E-state index in [-0.39, 0.29) is 0 Å². The lowest BCUT2D eigenvalue weighted by atomic mass is 9.85. The summed E-state index contributed by atoms with van der Waals surface area (Å²) in [5, 5.41) is 15.9. The first kappa shape index (κ1) is 20.1. The predicted octanol–water partition coefficient (Wildman–Crippen LogP) is 5.53. The molecule has 0 amide bonds. The number of pyridine rings is 1. The maximum Gasteiger partial charge on any atom is 0.186 e. The molecule has 3 aromatic carbocycles. The van der Waals surface area contributed by atoms with Gasteiger partial charge in [0, 0.05) is 5.39 Å². The van der Waals surface area contributed by atoms with Gasteiger partial charge >= 0.3 is 0 Å². The van der Waals surface area contributed by atoms with Gasteiger partial charge in [0.1, 0.15) is 0 Å². The standard InChI is InChI=1S/C27H25N5/c1-27(2,26-29-31-32-30-26)25-18-22(21-11-7-4-8-12-21)23-17-20(15-16-24(23)28-25)14-13-19-9-5-3-6-10-19/h3-12,15-18H,13-14H2,1-2H3,(H,29,30,31,32). The first-order valence-electron chi connectivity index (χ1n) is 10.9. The first-order valence-corrected chi connectivity index (χ1v) is 10.9. The molecule has 0 atom stereocenters. The van der Waals surface area contributed by atoms with Crippen LogP contribution in [0.25, 0.3) is 22.0 Å². The van der Waals surface area contributed by atoms with E-state index in [0.29, 0.717) is 5.82 Å². The lowest BCUT2D eigenvalue weighted by Gasteiger charge is -2.22. The Morgan fingerprint density at radius 2 is 1.50 bits per heavy atom. The fourth-order valence-corrected chi connectivity index (χ4v) is 4.08. The number of fused-ring (bicyclic) bond motifs is 1. The quantitative estimate of drug-likeness (QED) is 0.393. The molecule has 32 heavy (non-hydrogen) atoms. The molecular formula is C27H25N5. The molecule has 0 bridgehead atoms. The van der Waals surface area contributed by atoms with Gasteiger partial charge in [0.05, 0.1) is 16.6 Å². The van der Waals surface area contributed by atoms with E-state index in [1.807, 2.05) is 6.07 Å². The molecule has 158 valence electrons. The fourth-order valence-electron chi connectivity index (χ4n) is 4.08. The summed E-state index contributed by atoms with van der Waals surface area (Å²) in [5.41, 5.74) is 6.42. The molecule has 5 nitrogen and oxygen atoms in total.